The summed E-state index contributed by atoms with van der Waals surface area (Å²) in [5.41, 5.74) is 1.70. The van der Waals surface area contributed by atoms with Crippen molar-refractivity contribution in [1.82, 2.24) is 0 Å². The van der Waals surface area contributed by atoms with Crippen LogP contribution in [0.1, 0.15) is 71.1 Å². The Morgan fingerprint density at radius 2 is 2.00 bits per heavy atom. The zero-order valence-electron chi connectivity index (χ0n) is 11.7. The lowest BCUT2D eigenvalue weighted by molar-refractivity contribution is -0.116. The van der Waals surface area contributed by atoms with Gasteiger partial charge in [-0.1, -0.05) is 38.7 Å². The molecule has 1 atom stereocenters. The van der Waals surface area contributed by atoms with Crippen LogP contribution >= 0.6 is 0 Å². The smallest absolute Gasteiger partial charge is 0.158 e. The summed E-state index contributed by atoms with van der Waals surface area (Å²) in [5.74, 6) is 1.88. The van der Waals surface area contributed by atoms with E-state index < -0.39 is 0 Å². The molecule has 0 heterocycles. The molecule has 0 amide bonds. The van der Waals surface area contributed by atoms with Gasteiger partial charge in [0.1, 0.15) is 0 Å². The second-order valence-corrected chi connectivity index (χ2v) is 6.89. The summed E-state index contributed by atoms with van der Waals surface area (Å²) in [7, 11) is 0. The van der Waals surface area contributed by atoms with Gasteiger partial charge in [0.05, 0.1) is 0 Å². The van der Waals surface area contributed by atoms with Gasteiger partial charge in [0, 0.05) is 6.42 Å². The van der Waals surface area contributed by atoms with Crippen molar-refractivity contribution in [2.75, 3.05) is 0 Å². The van der Waals surface area contributed by atoms with Crippen LogP contribution in [-0.2, 0) is 4.79 Å². The van der Waals surface area contributed by atoms with Crippen LogP contribution in [0.5, 0.6) is 0 Å². The van der Waals surface area contributed by atoms with Crippen LogP contribution in [0.2, 0.25) is 0 Å². The second-order valence-electron chi connectivity index (χ2n) is 6.89. The van der Waals surface area contributed by atoms with Crippen molar-refractivity contribution in [2.24, 2.45) is 17.3 Å². The fourth-order valence-corrected chi connectivity index (χ4v) is 4.24. The van der Waals surface area contributed by atoms with Gasteiger partial charge in [-0.25, -0.2) is 0 Å². The minimum Gasteiger partial charge on any atom is -0.295 e. The molecule has 0 saturated heterocycles. The van der Waals surface area contributed by atoms with E-state index >= 15 is 0 Å². The summed E-state index contributed by atoms with van der Waals surface area (Å²) in [5, 5.41) is 0. The fraction of sp³-hybridized carbons (Fsp3) is 0.824. The largest absolute Gasteiger partial charge is 0.295 e. The van der Waals surface area contributed by atoms with E-state index in [1.807, 2.05) is 0 Å². The van der Waals surface area contributed by atoms with Gasteiger partial charge in [0.2, 0.25) is 0 Å². The minimum atomic E-state index is 0.473. The molecule has 0 N–H and O–H groups in total. The lowest BCUT2D eigenvalue weighted by atomic mass is 9.64. The molecule has 3 aliphatic rings. The summed E-state index contributed by atoms with van der Waals surface area (Å²) in [6, 6.07) is 0. The van der Waals surface area contributed by atoms with Gasteiger partial charge in [-0.3, -0.25) is 4.79 Å². The van der Waals surface area contributed by atoms with E-state index in [0.29, 0.717) is 17.1 Å². The predicted molar refractivity (Wildman–Crippen MR) is 74.3 cm³/mol. The number of carbonyl (C=O) groups is 1. The van der Waals surface area contributed by atoms with Crippen molar-refractivity contribution in [1.29, 1.82) is 0 Å². The van der Waals surface area contributed by atoms with Crippen LogP contribution < -0.4 is 0 Å². The molecule has 3 aliphatic carbocycles. The highest BCUT2D eigenvalue weighted by atomic mass is 16.1. The first-order valence-electron chi connectivity index (χ1n) is 7.94. The number of allylic oxidation sites excluding steroid dienone is 2. The average Bonchev–Trinajstić information content (AvgIpc) is 3.09. The average molecular weight is 246 g/mol. The van der Waals surface area contributed by atoms with Gasteiger partial charge in [-0.2, -0.15) is 0 Å². The summed E-state index contributed by atoms with van der Waals surface area (Å²) < 4.78 is 0. The van der Waals surface area contributed by atoms with E-state index in [0.717, 1.165) is 25.2 Å². The van der Waals surface area contributed by atoms with E-state index in [1.54, 1.807) is 0 Å². The highest BCUT2D eigenvalue weighted by Gasteiger charge is 2.43. The molecule has 0 aromatic heterocycles. The molecule has 0 bridgehead atoms. The maximum absolute atomic E-state index is 12.4. The molecule has 0 radical (unpaired) electrons. The molecule has 0 unspecified atom stereocenters. The van der Waals surface area contributed by atoms with Crippen LogP contribution in [0, 0.1) is 17.3 Å². The van der Waals surface area contributed by atoms with E-state index in [4.69, 9.17) is 0 Å². The Labute approximate surface area is 111 Å². The minimum absolute atomic E-state index is 0.473. The van der Waals surface area contributed by atoms with E-state index in [-0.39, 0.29) is 0 Å². The fourth-order valence-electron chi connectivity index (χ4n) is 4.24. The zero-order chi connectivity index (χ0) is 12.6. The number of Topliss-reactive ketones (excluding diaryl/α,β-unsaturated/α-hetero) is 1. The Kier molecular flexibility index (Phi) is 3.34. The third-order valence-electron chi connectivity index (χ3n) is 5.79. The van der Waals surface area contributed by atoms with Crippen molar-refractivity contribution in [3.8, 4) is 0 Å². The molecule has 2 fully saturated rings. The topological polar surface area (TPSA) is 17.1 Å². The van der Waals surface area contributed by atoms with E-state index in [1.165, 1.54) is 50.5 Å². The van der Waals surface area contributed by atoms with Crippen molar-refractivity contribution in [3.05, 3.63) is 11.6 Å². The Balaban J connectivity index is 1.66. The Morgan fingerprint density at radius 1 is 1.28 bits per heavy atom. The summed E-state index contributed by atoms with van der Waals surface area (Å²) in [6.07, 6.45) is 14.9. The molecule has 2 saturated carbocycles. The summed E-state index contributed by atoms with van der Waals surface area (Å²) in [4.78, 5) is 12.4. The molecule has 0 aromatic rings. The van der Waals surface area contributed by atoms with E-state index in [9.17, 15) is 4.79 Å². The highest BCUT2D eigenvalue weighted by Crippen LogP contribution is 2.52. The van der Waals surface area contributed by atoms with Gasteiger partial charge in [-0.05, 0) is 54.9 Å². The molecule has 0 aromatic carbocycles. The molecule has 3 rings (SSSR count). The Bertz CT molecular complexity index is 356. The SMILES string of the molecule is C[C@@H]1C(C(=O)CCC2CC2)=CCCC12CCCC2. The van der Waals surface area contributed by atoms with Crippen molar-refractivity contribution >= 4 is 5.78 Å². The number of carbonyl (C=O) groups excluding carboxylic acids is 1. The second kappa shape index (κ2) is 4.83. The van der Waals surface area contributed by atoms with Crippen LogP contribution in [0.4, 0.5) is 0 Å². The normalized spacial score (nSPS) is 30.5. The van der Waals surface area contributed by atoms with Gasteiger partial charge >= 0.3 is 0 Å². The first-order chi connectivity index (χ1) is 8.71. The number of ketones is 1. The van der Waals surface area contributed by atoms with Gasteiger partial charge in [-0.15, -0.1) is 0 Å². The third-order valence-corrected chi connectivity index (χ3v) is 5.79. The Hall–Kier alpha value is -0.590. The number of rotatable bonds is 4. The van der Waals surface area contributed by atoms with Crippen LogP contribution in [0.3, 0.4) is 0 Å². The first kappa shape index (κ1) is 12.4. The molecule has 18 heavy (non-hydrogen) atoms. The molecule has 1 heteroatoms. The van der Waals surface area contributed by atoms with E-state index in [2.05, 4.69) is 13.0 Å². The molecule has 100 valence electrons. The quantitative estimate of drug-likeness (QED) is 0.705. The molecular formula is C17H26O. The molecule has 0 aliphatic heterocycles. The Morgan fingerprint density at radius 3 is 2.67 bits per heavy atom. The predicted octanol–water partition coefficient (Wildman–Crippen LogP) is 4.66. The van der Waals surface area contributed by atoms with Crippen LogP contribution in [0.25, 0.3) is 0 Å². The lowest BCUT2D eigenvalue weighted by Gasteiger charge is -2.39. The van der Waals surface area contributed by atoms with Crippen LogP contribution in [-0.4, -0.2) is 5.78 Å². The maximum Gasteiger partial charge on any atom is 0.158 e. The monoisotopic (exact) mass is 246 g/mol. The van der Waals surface area contributed by atoms with Crippen LogP contribution in [0.15, 0.2) is 11.6 Å². The standard InChI is InChI=1S/C17H26O/c1-13-15(16(18)9-8-14-6-7-14)5-4-12-17(13)10-2-3-11-17/h5,13-14H,2-4,6-12H2,1H3/t13-/m1/s1. The highest BCUT2D eigenvalue weighted by molar-refractivity contribution is 5.96. The maximum atomic E-state index is 12.4. The van der Waals surface area contributed by atoms with Crippen molar-refractivity contribution in [2.45, 2.75) is 71.1 Å². The molecule has 1 spiro atoms. The van der Waals surface area contributed by atoms with Crippen molar-refractivity contribution < 1.29 is 4.79 Å². The number of hydrogen-bond donors (Lipinski definition) is 0. The summed E-state index contributed by atoms with van der Waals surface area (Å²) >= 11 is 0. The first-order valence-corrected chi connectivity index (χ1v) is 7.94. The molecule has 1 nitrogen and oxygen atoms in total. The third kappa shape index (κ3) is 2.29. The van der Waals surface area contributed by atoms with Gasteiger partial charge in [0.25, 0.3) is 0 Å². The number of hydrogen-bond acceptors (Lipinski definition) is 1. The van der Waals surface area contributed by atoms with Gasteiger partial charge in [0.15, 0.2) is 5.78 Å². The molecular weight excluding hydrogens is 220 g/mol. The summed E-state index contributed by atoms with van der Waals surface area (Å²) in [6.45, 7) is 2.32. The zero-order valence-corrected chi connectivity index (χ0v) is 11.7. The van der Waals surface area contributed by atoms with Gasteiger partial charge < -0.3 is 0 Å². The lowest BCUT2D eigenvalue weighted by Crippen LogP contribution is -2.32. The van der Waals surface area contributed by atoms with Crippen molar-refractivity contribution in [3.63, 3.8) is 0 Å².